The number of hydrogen-bond acceptors (Lipinski definition) is 0. The molecule has 5 unspecified atom stereocenters. The van der Waals surface area contributed by atoms with Crippen LogP contribution in [0.4, 0.5) is 4.39 Å². The molecule has 3 aliphatic rings. The molecule has 1 heteroatoms. The molecular weight excluding hydrogens is 307 g/mol. The summed E-state index contributed by atoms with van der Waals surface area (Å²) >= 11 is 0. The van der Waals surface area contributed by atoms with E-state index >= 15 is 0 Å². The summed E-state index contributed by atoms with van der Waals surface area (Å²) in [5, 5.41) is 0. The van der Waals surface area contributed by atoms with E-state index in [0.29, 0.717) is 11.8 Å². The van der Waals surface area contributed by atoms with Crippen molar-refractivity contribution in [2.75, 3.05) is 0 Å². The Kier molecular flexibility index (Phi) is 5.20. The first-order chi connectivity index (χ1) is 12.1. The molecule has 0 bridgehead atoms. The van der Waals surface area contributed by atoms with Gasteiger partial charge in [0.2, 0.25) is 0 Å². The summed E-state index contributed by atoms with van der Waals surface area (Å²) in [4.78, 5) is 0. The van der Waals surface area contributed by atoms with Gasteiger partial charge in [0, 0.05) is 0 Å². The molecule has 2 fully saturated rings. The van der Waals surface area contributed by atoms with E-state index in [1.54, 1.807) is 0 Å². The van der Waals surface area contributed by atoms with Crippen molar-refractivity contribution in [1.29, 1.82) is 0 Å². The maximum absolute atomic E-state index is 14.9. The number of fused-ring (bicyclic) bond motifs is 2. The van der Waals surface area contributed by atoms with Gasteiger partial charge in [0.05, 0.1) is 0 Å². The van der Waals surface area contributed by atoms with Gasteiger partial charge in [0.1, 0.15) is 5.82 Å². The maximum atomic E-state index is 14.9. The third-order valence-electron chi connectivity index (χ3n) is 7.67. The first-order valence-electron chi connectivity index (χ1n) is 10.9. The van der Waals surface area contributed by atoms with E-state index < -0.39 is 0 Å². The predicted molar refractivity (Wildman–Crippen MR) is 103 cm³/mol. The summed E-state index contributed by atoms with van der Waals surface area (Å²) < 4.78 is 14.9. The van der Waals surface area contributed by atoms with Gasteiger partial charge >= 0.3 is 0 Å². The van der Waals surface area contributed by atoms with Crippen LogP contribution in [0.2, 0.25) is 0 Å². The predicted octanol–water partition coefficient (Wildman–Crippen LogP) is 7.05. The smallest absolute Gasteiger partial charge is 0.126 e. The topological polar surface area (TPSA) is 0 Å². The zero-order valence-electron chi connectivity index (χ0n) is 16.2. The minimum atomic E-state index is 0.104. The van der Waals surface area contributed by atoms with Crippen molar-refractivity contribution in [3.05, 3.63) is 34.6 Å². The van der Waals surface area contributed by atoms with Crippen molar-refractivity contribution in [1.82, 2.24) is 0 Å². The second-order valence-corrected chi connectivity index (χ2v) is 9.49. The first kappa shape index (κ1) is 17.6. The molecule has 0 saturated heterocycles. The zero-order valence-corrected chi connectivity index (χ0v) is 16.2. The summed E-state index contributed by atoms with van der Waals surface area (Å²) in [5.74, 6) is 4.21. The Morgan fingerprint density at radius 2 is 1.80 bits per heavy atom. The Labute approximate surface area is 153 Å². The van der Waals surface area contributed by atoms with E-state index in [4.69, 9.17) is 0 Å². The number of rotatable bonds is 3. The average Bonchev–Trinajstić information content (AvgIpc) is 2.62. The van der Waals surface area contributed by atoms with Crippen LogP contribution in [0, 0.1) is 29.5 Å². The average molecular weight is 343 g/mol. The van der Waals surface area contributed by atoms with Crippen LogP contribution in [0.5, 0.6) is 0 Å². The molecule has 138 valence electrons. The fourth-order valence-corrected chi connectivity index (χ4v) is 6.24. The van der Waals surface area contributed by atoms with E-state index in [1.165, 1.54) is 68.9 Å². The largest absolute Gasteiger partial charge is 0.207 e. The van der Waals surface area contributed by atoms with Crippen molar-refractivity contribution < 1.29 is 4.39 Å². The molecule has 0 radical (unpaired) electrons. The molecule has 3 aliphatic carbocycles. The van der Waals surface area contributed by atoms with Gasteiger partial charge in [-0.15, -0.1) is 0 Å². The molecule has 0 N–H and O–H groups in total. The van der Waals surface area contributed by atoms with E-state index in [1.807, 2.05) is 6.07 Å². The van der Waals surface area contributed by atoms with Gasteiger partial charge in [-0.05, 0) is 104 Å². The molecule has 1 aromatic carbocycles. The van der Waals surface area contributed by atoms with Crippen LogP contribution in [0.15, 0.2) is 12.1 Å². The maximum Gasteiger partial charge on any atom is 0.126 e. The van der Waals surface area contributed by atoms with Crippen LogP contribution in [0.3, 0.4) is 0 Å². The molecular formula is C24H35F. The third kappa shape index (κ3) is 3.67. The molecule has 5 atom stereocenters. The highest BCUT2D eigenvalue weighted by Gasteiger charge is 2.35. The van der Waals surface area contributed by atoms with Crippen LogP contribution < -0.4 is 0 Å². The highest BCUT2D eigenvalue weighted by atomic mass is 19.1. The van der Waals surface area contributed by atoms with Gasteiger partial charge < -0.3 is 0 Å². The summed E-state index contributed by atoms with van der Waals surface area (Å²) in [6.45, 7) is 4.67. The van der Waals surface area contributed by atoms with Crippen LogP contribution >= 0.6 is 0 Å². The lowest BCUT2D eigenvalue weighted by Gasteiger charge is -2.42. The van der Waals surface area contributed by atoms with E-state index in [2.05, 4.69) is 19.9 Å². The van der Waals surface area contributed by atoms with Gasteiger partial charge in [-0.25, -0.2) is 4.39 Å². The highest BCUT2D eigenvalue weighted by Crippen LogP contribution is 2.48. The molecule has 4 rings (SSSR count). The standard InChI is InChI=1S/C24H35F/c1-3-4-17-6-8-21-14-22(15-24(25)23(21)12-17)20-10-9-18-11-16(2)5-7-19(18)13-20/h14-20H,3-13H2,1-2H3. The second kappa shape index (κ2) is 7.41. The van der Waals surface area contributed by atoms with Crippen molar-refractivity contribution in [2.24, 2.45) is 23.7 Å². The highest BCUT2D eigenvalue weighted by molar-refractivity contribution is 5.37. The van der Waals surface area contributed by atoms with E-state index in [9.17, 15) is 4.39 Å². The monoisotopic (exact) mass is 342 g/mol. The lowest BCUT2D eigenvalue weighted by Crippen LogP contribution is -2.29. The zero-order chi connectivity index (χ0) is 17.4. The summed E-state index contributed by atoms with van der Waals surface area (Å²) in [7, 11) is 0. The molecule has 2 saturated carbocycles. The molecule has 0 spiro atoms. The molecule has 0 heterocycles. The van der Waals surface area contributed by atoms with Crippen molar-refractivity contribution in [3.8, 4) is 0 Å². The summed E-state index contributed by atoms with van der Waals surface area (Å²) in [6, 6.07) is 4.32. The Bertz CT molecular complexity index is 604. The van der Waals surface area contributed by atoms with Crippen molar-refractivity contribution >= 4 is 0 Å². The van der Waals surface area contributed by atoms with Gasteiger partial charge in [0.15, 0.2) is 0 Å². The van der Waals surface area contributed by atoms with Gasteiger partial charge in [-0.3, -0.25) is 0 Å². The lowest BCUT2D eigenvalue weighted by atomic mass is 9.64. The molecule has 25 heavy (non-hydrogen) atoms. The Morgan fingerprint density at radius 3 is 2.64 bits per heavy atom. The Hall–Kier alpha value is -0.850. The minimum Gasteiger partial charge on any atom is -0.207 e. The molecule has 0 aliphatic heterocycles. The van der Waals surface area contributed by atoms with Gasteiger partial charge in [-0.1, -0.05) is 39.2 Å². The van der Waals surface area contributed by atoms with Gasteiger partial charge in [-0.2, -0.15) is 0 Å². The number of aryl methyl sites for hydroxylation is 1. The first-order valence-corrected chi connectivity index (χ1v) is 10.9. The van der Waals surface area contributed by atoms with Crippen LogP contribution in [0.1, 0.15) is 94.2 Å². The summed E-state index contributed by atoms with van der Waals surface area (Å²) in [6.07, 6.45) is 14.0. The minimum absolute atomic E-state index is 0.104. The van der Waals surface area contributed by atoms with Crippen LogP contribution in [-0.2, 0) is 12.8 Å². The van der Waals surface area contributed by atoms with Gasteiger partial charge in [0.25, 0.3) is 0 Å². The Morgan fingerprint density at radius 1 is 1.00 bits per heavy atom. The number of hydrogen-bond donors (Lipinski definition) is 0. The normalized spacial score (nSPS) is 35.1. The van der Waals surface area contributed by atoms with Crippen molar-refractivity contribution in [2.45, 2.75) is 90.4 Å². The molecule has 0 amide bonds. The van der Waals surface area contributed by atoms with E-state index in [0.717, 1.165) is 36.2 Å². The van der Waals surface area contributed by atoms with Crippen molar-refractivity contribution in [3.63, 3.8) is 0 Å². The number of benzene rings is 1. The van der Waals surface area contributed by atoms with E-state index in [-0.39, 0.29) is 5.82 Å². The van der Waals surface area contributed by atoms with Crippen LogP contribution in [-0.4, -0.2) is 0 Å². The quantitative estimate of drug-likeness (QED) is 0.552. The van der Waals surface area contributed by atoms with Crippen LogP contribution in [0.25, 0.3) is 0 Å². The number of halogens is 1. The summed E-state index contributed by atoms with van der Waals surface area (Å²) in [5.41, 5.74) is 3.71. The molecule has 1 aromatic rings. The second-order valence-electron chi connectivity index (χ2n) is 9.49. The Balaban J connectivity index is 1.50. The molecule has 0 nitrogen and oxygen atoms in total. The fourth-order valence-electron chi connectivity index (χ4n) is 6.24. The third-order valence-corrected chi connectivity index (χ3v) is 7.67. The lowest BCUT2D eigenvalue weighted by molar-refractivity contribution is 0.124. The fraction of sp³-hybridized carbons (Fsp3) is 0.750. The SMILES string of the molecule is CCCC1CCc2cc(C3CCC4CC(C)CCC4C3)cc(F)c2C1. The molecule has 0 aromatic heterocycles.